The first-order chi connectivity index (χ1) is 12.6. The molecule has 6 nitrogen and oxygen atoms in total. The zero-order chi connectivity index (χ0) is 18.5. The number of nitrogens with zero attached hydrogens (tertiary/aromatic N) is 3. The van der Waals surface area contributed by atoms with Crippen molar-refractivity contribution in [2.24, 2.45) is 0 Å². The van der Waals surface area contributed by atoms with Gasteiger partial charge in [-0.2, -0.15) is 0 Å². The third-order valence-electron chi connectivity index (χ3n) is 4.07. The van der Waals surface area contributed by atoms with Crippen LogP contribution in [0.15, 0.2) is 46.7 Å². The molecule has 0 bridgehead atoms. The number of benzene rings is 1. The van der Waals surface area contributed by atoms with E-state index in [-0.39, 0.29) is 18.0 Å². The maximum absolute atomic E-state index is 12.4. The van der Waals surface area contributed by atoms with E-state index >= 15 is 0 Å². The molecule has 0 fully saturated rings. The molecule has 7 heteroatoms. The average molecular weight is 370 g/mol. The number of amides is 1. The van der Waals surface area contributed by atoms with Crippen LogP contribution in [0.25, 0.3) is 4.96 Å². The Bertz CT molecular complexity index is 963. The van der Waals surface area contributed by atoms with Gasteiger partial charge in [-0.05, 0) is 31.5 Å². The number of para-hydroxylation sites is 1. The fraction of sp³-hybridized carbons (Fsp3) is 0.316. The molecule has 0 radical (unpaired) electrons. The number of thiazole rings is 1. The monoisotopic (exact) mass is 370 g/mol. The molecule has 0 saturated carbocycles. The summed E-state index contributed by atoms with van der Waals surface area (Å²) >= 11 is 1.43. The number of aryl methyl sites for hydroxylation is 1. The Labute approximate surface area is 156 Å². The van der Waals surface area contributed by atoms with Crippen LogP contribution in [-0.2, 0) is 11.3 Å². The topological polar surface area (TPSA) is 66.7 Å². The quantitative estimate of drug-likeness (QED) is 0.694. The summed E-state index contributed by atoms with van der Waals surface area (Å²) in [5, 5.41) is 4.80. The van der Waals surface area contributed by atoms with E-state index in [0.29, 0.717) is 17.2 Å². The van der Waals surface area contributed by atoms with Crippen LogP contribution in [0.5, 0.6) is 0 Å². The molecule has 2 aromatic heterocycles. The summed E-state index contributed by atoms with van der Waals surface area (Å²) in [7, 11) is 0. The number of carbonyl (C=O) groups is 1. The van der Waals surface area contributed by atoms with E-state index in [1.165, 1.54) is 15.7 Å². The summed E-state index contributed by atoms with van der Waals surface area (Å²) < 4.78 is 1.53. The van der Waals surface area contributed by atoms with Gasteiger partial charge in [0.05, 0.1) is 12.2 Å². The van der Waals surface area contributed by atoms with Gasteiger partial charge in [-0.1, -0.05) is 25.1 Å². The number of nitrogens with one attached hydrogen (secondary N) is 1. The number of hydrogen-bond acceptors (Lipinski definition) is 5. The van der Waals surface area contributed by atoms with Crippen LogP contribution in [0, 0.1) is 6.92 Å². The first-order valence-electron chi connectivity index (χ1n) is 8.60. The van der Waals surface area contributed by atoms with E-state index in [0.717, 1.165) is 24.2 Å². The third-order valence-corrected chi connectivity index (χ3v) is 4.82. The second-order valence-corrected chi connectivity index (χ2v) is 7.09. The van der Waals surface area contributed by atoms with Gasteiger partial charge in [-0.25, -0.2) is 4.98 Å². The van der Waals surface area contributed by atoms with Gasteiger partial charge in [0.25, 0.3) is 5.56 Å². The molecule has 0 aliphatic heterocycles. The zero-order valence-corrected chi connectivity index (χ0v) is 15.8. The lowest BCUT2D eigenvalue weighted by atomic mass is 10.2. The summed E-state index contributed by atoms with van der Waals surface area (Å²) in [5.74, 6) is -0.0679. The Kier molecular flexibility index (Phi) is 5.80. The van der Waals surface area contributed by atoms with Crippen molar-refractivity contribution in [3.8, 4) is 0 Å². The number of carbonyl (C=O) groups excluding carboxylic acids is 1. The predicted octanol–water partition coefficient (Wildman–Crippen LogP) is 2.92. The number of hydrogen-bond donors (Lipinski definition) is 1. The summed E-state index contributed by atoms with van der Waals surface area (Å²) in [5.41, 5.74) is 2.45. The number of rotatable bonds is 7. The molecule has 1 amide bonds. The molecular weight excluding hydrogens is 348 g/mol. The molecule has 0 aliphatic rings. The first kappa shape index (κ1) is 18.3. The molecule has 0 unspecified atom stereocenters. The second-order valence-electron chi connectivity index (χ2n) is 6.22. The molecule has 26 heavy (non-hydrogen) atoms. The molecular formula is C19H22N4O2S. The Morgan fingerprint density at radius 2 is 2.15 bits per heavy atom. The molecule has 1 N–H and O–H groups in total. The van der Waals surface area contributed by atoms with Crippen LogP contribution in [0.4, 0.5) is 5.69 Å². The Morgan fingerprint density at radius 3 is 2.92 bits per heavy atom. The van der Waals surface area contributed by atoms with Crippen LogP contribution in [0.1, 0.15) is 24.6 Å². The lowest BCUT2D eigenvalue weighted by molar-refractivity contribution is -0.117. The highest BCUT2D eigenvalue weighted by atomic mass is 32.1. The minimum atomic E-state index is -0.0907. The van der Waals surface area contributed by atoms with Gasteiger partial charge < -0.3 is 5.32 Å². The Hall–Kier alpha value is -2.51. The van der Waals surface area contributed by atoms with Crippen LogP contribution >= 0.6 is 11.3 Å². The highest BCUT2D eigenvalue weighted by Gasteiger charge is 2.13. The van der Waals surface area contributed by atoms with Crippen LogP contribution in [0.3, 0.4) is 0 Å². The van der Waals surface area contributed by atoms with Crippen LogP contribution in [-0.4, -0.2) is 33.3 Å². The van der Waals surface area contributed by atoms with E-state index in [1.54, 1.807) is 12.3 Å². The van der Waals surface area contributed by atoms with Gasteiger partial charge in [-0.3, -0.25) is 18.9 Å². The molecule has 3 aromatic rings. The number of fused-ring (bicyclic) bond motifs is 1. The van der Waals surface area contributed by atoms with Crippen LogP contribution < -0.4 is 10.9 Å². The average Bonchev–Trinajstić information content (AvgIpc) is 3.06. The van der Waals surface area contributed by atoms with E-state index in [9.17, 15) is 9.59 Å². The standard InChI is InChI=1S/C19H22N4O2S/c1-3-8-22(13-17(24)21-16-7-5-4-6-14(16)2)12-15-11-18(25)23-9-10-26-19(23)20-15/h4-7,9-11H,3,8,12-13H2,1-2H3,(H,21,24). The fourth-order valence-corrected chi connectivity index (χ4v) is 3.57. The minimum Gasteiger partial charge on any atom is -0.325 e. The van der Waals surface area contributed by atoms with E-state index in [4.69, 9.17) is 0 Å². The molecule has 2 heterocycles. The highest BCUT2D eigenvalue weighted by molar-refractivity contribution is 7.15. The van der Waals surface area contributed by atoms with Gasteiger partial charge >= 0.3 is 0 Å². The lowest BCUT2D eigenvalue weighted by Crippen LogP contribution is -2.34. The summed E-state index contributed by atoms with van der Waals surface area (Å²) in [6.07, 6.45) is 2.64. The molecule has 0 spiro atoms. The van der Waals surface area contributed by atoms with Gasteiger partial charge in [0, 0.05) is 29.9 Å². The number of aromatic nitrogens is 2. The van der Waals surface area contributed by atoms with Crippen molar-refractivity contribution in [2.45, 2.75) is 26.8 Å². The van der Waals surface area contributed by atoms with Crippen molar-refractivity contribution in [3.63, 3.8) is 0 Å². The maximum Gasteiger partial charge on any atom is 0.258 e. The molecule has 0 atom stereocenters. The van der Waals surface area contributed by atoms with Crippen molar-refractivity contribution >= 4 is 27.9 Å². The summed E-state index contributed by atoms with van der Waals surface area (Å²) in [6.45, 7) is 5.52. The Morgan fingerprint density at radius 1 is 1.35 bits per heavy atom. The van der Waals surface area contributed by atoms with Gasteiger partial charge in [0.15, 0.2) is 4.96 Å². The smallest absolute Gasteiger partial charge is 0.258 e. The molecule has 0 saturated heterocycles. The van der Waals surface area contributed by atoms with Gasteiger partial charge in [0.2, 0.25) is 5.91 Å². The summed E-state index contributed by atoms with van der Waals surface area (Å²) in [6, 6.07) is 9.25. The fourth-order valence-electron chi connectivity index (χ4n) is 2.83. The van der Waals surface area contributed by atoms with E-state index in [1.807, 2.05) is 41.5 Å². The first-order valence-corrected chi connectivity index (χ1v) is 9.48. The van der Waals surface area contributed by atoms with E-state index < -0.39 is 0 Å². The Balaban J connectivity index is 1.71. The normalized spacial score (nSPS) is 11.2. The van der Waals surface area contributed by atoms with Gasteiger partial charge in [0.1, 0.15) is 0 Å². The van der Waals surface area contributed by atoms with Crippen molar-refractivity contribution < 1.29 is 4.79 Å². The summed E-state index contributed by atoms with van der Waals surface area (Å²) in [4.78, 5) is 31.8. The van der Waals surface area contributed by atoms with Gasteiger partial charge in [-0.15, -0.1) is 11.3 Å². The predicted molar refractivity (Wildman–Crippen MR) is 105 cm³/mol. The SMILES string of the molecule is CCCN(CC(=O)Nc1ccccc1C)Cc1cc(=O)n2ccsc2n1. The lowest BCUT2D eigenvalue weighted by Gasteiger charge is -2.21. The maximum atomic E-state index is 12.4. The number of anilines is 1. The third kappa shape index (κ3) is 4.36. The molecule has 1 aromatic carbocycles. The van der Waals surface area contributed by atoms with Crippen molar-refractivity contribution in [3.05, 3.63) is 63.5 Å². The van der Waals surface area contributed by atoms with Crippen LogP contribution in [0.2, 0.25) is 0 Å². The molecule has 0 aliphatic carbocycles. The largest absolute Gasteiger partial charge is 0.325 e. The van der Waals surface area contributed by atoms with Crippen molar-refractivity contribution in [2.75, 3.05) is 18.4 Å². The van der Waals surface area contributed by atoms with Crippen molar-refractivity contribution in [1.29, 1.82) is 0 Å². The minimum absolute atomic E-state index is 0.0679. The molecule has 136 valence electrons. The van der Waals surface area contributed by atoms with Crippen molar-refractivity contribution in [1.82, 2.24) is 14.3 Å². The van der Waals surface area contributed by atoms with E-state index in [2.05, 4.69) is 17.2 Å². The second kappa shape index (κ2) is 8.25. The zero-order valence-electron chi connectivity index (χ0n) is 14.9. The molecule has 3 rings (SSSR count). The highest BCUT2D eigenvalue weighted by Crippen LogP contribution is 2.13.